The van der Waals surface area contributed by atoms with Crippen LogP contribution in [0.4, 0.5) is 0 Å². The third-order valence-electron chi connectivity index (χ3n) is 2.04. The smallest absolute Gasteiger partial charge is 0.120 e. The van der Waals surface area contributed by atoms with Crippen LogP contribution >= 0.6 is 22.9 Å². The maximum Gasteiger partial charge on any atom is 0.120 e. The van der Waals surface area contributed by atoms with Crippen molar-refractivity contribution in [2.75, 3.05) is 5.88 Å². The zero-order valence-corrected chi connectivity index (χ0v) is 9.66. The second kappa shape index (κ2) is 5.55. The van der Waals surface area contributed by atoms with E-state index in [1.165, 1.54) is 0 Å². The number of hydrogen-bond donors (Lipinski definition) is 0. The van der Waals surface area contributed by atoms with Gasteiger partial charge in [0, 0.05) is 18.2 Å². The predicted molar refractivity (Wildman–Crippen MR) is 57.7 cm³/mol. The first-order chi connectivity index (χ1) is 6.27. The Kier molecular flexibility index (Phi) is 4.67. The molecular weight excluding hydrogens is 204 g/mol. The molecule has 2 nitrogen and oxygen atoms in total. The standard InChI is InChI=1S/C9H15ClN2S/c1-3-7(2)9-12-11-8(13-9)5-4-6-10/h7H,3-6H2,1-2H3. The molecule has 1 rings (SSSR count). The summed E-state index contributed by atoms with van der Waals surface area (Å²) in [5, 5.41) is 10.6. The van der Waals surface area contributed by atoms with E-state index in [2.05, 4.69) is 24.0 Å². The van der Waals surface area contributed by atoms with Crippen molar-refractivity contribution in [3.8, 4) is 0 Å². The van der Waals surface area contributed by atoms with Crippen LogP contribution in [0.2, 0.25) is 0 Å². The summed E-state index contributed by atoms with van der Waals surface area (Å²) in [6.07, 6.45) is 3.10. The average molecular weight is 219 g/mol. The van der Waals surface area contributed by atoms with E-state index in [0.717, 1.165) is 29.3 Å². The number of alkyl halides is 1. The van der Waals surface area contributed by atoms with Gasteiger partial charge < -0.3 is 0 Å². The molecule has 0 saturated carbocycles. The fraction of sp³-hybridized carbons (Fsp3) is 0.778. The highest BCUT2D eigenvalue weighted by Crippen LogP contribution is 2.22. The molecule has 0 spiro atoms. The Bertz CT molecular complexity index is 250. The molecule has 0 aliphatic rings. The van der Waals surface area contributed by atoms with Gasteiger partial charge in [0.25, 0.3) is 0 Å². The van der Waals surface area contributed by atoms with E-state index >= 15 is 0 Å². The molecule has 0 fully saturated rings. The molecule has 1 heterocycles. The molecule has 4 heteroatoms. The number of nitrogens with zero attached hydrogens (tertiary/aromatic N) is 2. The zero-order valence-electron chi connectivity index (χ0n) is 8.09. The first-order valence-electron chi connectivity index (χ1n) is 4.66. The van der Waals surface area contributed by atoms with E-state index in [0.29, 0.717) is 11.8 Å². The lowest BCUT2D eigenvalue weighted by molar-refractivity contribution is 0.712. The number of aryl methyl sites for hydroxylation is 1. The largest absolute Gasteiger partial charge is 0.144 e. The molecule has 0 N–H and O–H groups in total. The quantitative estimate of drug-likeness (QED) is 0.710. The molecule has 0 radical (unpaired) electrons. The minimum Gasteiger partial charge on any atom is -0.144 e. The van der Waals surface area contributed by atoms with Crippen molar-refractivity contribution in [3.63, 3.8) is 0 Å². The molecule has 0 saturated heterocycles. The summed E-state index contributed by atoms with van der Waals surface area (Å²) in [5.41, 5.74) is 0. The minimum atomic E-state index is 0.544. The van der Waals surface area contributed by atoms with Gasteiger partial charge in [-0.2, -0.15) is 0 Å². The topological polar surface area (TPSA) is 25.8 Å². The molecule has 1 aromatic heterocycles. The summed E-state index contributed by atoms with van der Waals surface area (Å²) in [4.78, 5) is 0. The molecule has 1 unspecified atom stereocenters. The first kappa shape index (κ1) is 10.9. The lowest BCUT2D eigenvalue weighted by Crippen LogP contribution is -1.88. The summed E-state index contributed by atoms with van der Waals surface area (Å²) >= 11 is 7.33. The fourth-order valence-electron chi connectivity index (χ4n) is 0.959. The highest BCUT2D eigenvalue weighted by Gasteiger charge is 2.09. The highest BCUT2D eigenvalue weighted by molar-refractivity contribution is 7.11. The Balaban J connectivity index is 2.53. The van der Waals surface area contributed by atoms with Crippen LogP contribution in [0.25, 0.3) is 0 Å². The van der Waals surface area contributed by atoms with Crippen LogP contribution in [0.1, 0.15) is 42.6 Å². The molecule has 1 atom stereocenters. The third-order valence-corrected chi connectivity index (χ3v) is 3.52. The lowest BCUT2D eigenvalue weighted by Gasteiger charge is -1.99. The summed E-state index contributed by atoms with van der Waals surface area (Å²) < 4.78 is 0. The SMILES string of the molecule is CCC(C)c1nnc(CCCCl)s1. The minimum absolute atomic E-state index is 0.544. The molecule has 0 amide bonds. The molecule has 0 aromatic carbocycles. The highest BCUT2D eigenvalue weighted by atomic mass is 35.5. The summed E-state index contributed by atoms with van der Waals surface area (Å²) in [5.74, 6) is 1.25. The van der Waals surface area contributed by atoms with Gasteiger partial charge in [0.05, 0.1) is 0 Å². The van der Waals surface area contributed by atoms with Crippen LogP contribution in [0.5, 0.6) is 0 Å². The Morgan fingerprint density at radius 1 is 1.46 bits per heavy atom. The molecule has 74 valence electrons. The number of hydrogen-bond acceptors (Lipinski definition) is 3. The monoisotopic (exact) mass is 218 g/mol. The van der Waals surface area contributed by atoms with Crippen molar-refractivity contribution in [3.05, 3.63) is 10.0 Å². The maximum atomic E-state index is 5.60. The van der Waals surface area contributed by atoms with Gasteiger partial charge in [-0.1, -0.05) is 13.8 Å². The Labute approximate surface area is 88.3 Å². The fourth-order valence-corrected chi connectivity index (χ4v) is 2.11. The number of aromatic nitrogens is 2. The number of halogens is 1. The van der Waals surface area contributed by atoms with Crippen LogP contribution in [0.3, 0.4) is 0 Å². The maximum absolute atomic E-state index is 5.60. The normalized spacial score (nSPS) is 13.2. The van der Waals surface area contributed by atoms with Crippen molar-refractivity contribution in [1.82, 2.24) is 10.2 Å². The van der Waals surface area contributed by atoms with Crippen LogP contribution in [-0.2, 0) is 6.42 Å². The summed E-state index contributed by atoms with van der Waals surface area (Å²) in [7, 11) is 0. The summed E-state index contributed by atoms with van der Waals surface area (Å²) in [6.45, 7) is 4.36. The van der Waals surface area contributed by atoms with E-state index in [4.69, 9.17) is 11.6 Å². The molecule has 0 aliphatic heterocycles. The second-order valence-corrected chi connectivity index (χ2v) is 4.61. The molecule has 1 aromatic rings. The predicted octanol–water partition coefficient (Wildman–Crippen LogP) is 3.22. The molecular formula is C9H15ClN2S. The molecule has 0 bridgehead atoms. The van der Waals surface area contributed by atoms with Gasteiger partial charge in [-0.3, -0.25) is 0 Å². The lowest BCUT2D eigenvalue weighted by atomic mass is 10.1. The van der Waals surface area contributed by atoms with Crippen molar-refractivity contribution < 1.29 is 0 Å². The van der Waals surface area contributed by atoms with Crippen LogP contribution in [0.15, 0.2) is 0 Å². The van der Waals surface area contributed by atoms with Gasteiger partial charge in [0.1, 0.15) is 10.0 Å². The van der Waals surface area contributed by atoms with Gasteiger partial charge in [-0.05, 0) is 12.8 Å². The van der Waals surface area contributed by atoms with Gasteiger partial charge in [0.2, 0.25) is 0 Å². The molecule has 13 heavy (non-hydrogen) atoms. The summed E-state index contributed by atoms with van der Waals surface area (Å²) in [6, 6.07) is 0. The van der Waals surface area contributed by atoms with E-state index in [1.807, 2.05) is 0 Å². The molecule has 0 aliphatic carbocycles. The van der Waals surface area contributed by atoms with E-state index in [1.54, 1.807) is 11.3 Å². The van der Waals surface area contributed by atoms with Crippen molar-refractivity contribution in [2.24, 2.45) is 0 Å². The van der Waals surface area contributed by atoms with Crippen molar-refractivity contribution in [1.29, 1.82) is 0 Å². The van der Waals surface area contributed by atoms with Gasteiger partial charge in [0.15, 0.2) is 0 Å². The van der Waals surface area contributed by atoms with Gasteiger partial charge >= 0.3 is 0 Å². The Morgan fingerprint density at radius 3 is 2.85 bits per heavy atom. The van der Waals surface area contributed by atoms with Crippen LogP contribution < -0.4 is 0 Å². The zero-order chi connectivity index (χ0) is 9.68. The van der Waals surface area contributed by atoms with E-state index in [-0.39, 0.29) is 0 Å². The van der Waals surface area contributed by atoms with E-state index in [9.17, 15) is 0 Å². The van der Waals surface area contributed by atoms with Crippen LogP contribution in [0, 0.1) is 0 Å². The second-order valence-electron chi connectivity index (χ2n) is 3.14. The average Bonchev–Trinajstić information content (AvgIpc) is 2.62. The van der Waals surface area contributed by atoms with Crippen molar-refractivity contribution >= 4 is 22.9 Å². The van der Waals surface area contributed by atoms with Gasteiger partial charge in [-0.15, -0.1) is 33.1 Å². The Morgan fingerprint density at radius 2 is 2.23 bits per heavy atom. The van der Waals surface area contributed by atoms with Crippen molar-refractivity contribution in [2.45, 2.75) is 39.0 Å². The van der Waals surface area contributed by atoms with E-state index < -0.39 is 0 Å². The first-order valence-corrected chi connectivity index (χ1v) is 6.01. The van der Waals surface area contributed by atoms with Gasteiger partial charge in [-0.25, -0.2) is 0 Å². The van der Waals surface area contributed by atoms with Crippen LogP contribution in [-0.4, -0.2) is 16.1 Å². The number of rotatable bonds is 5. The third kappa shape index (κ3) is 3.24. The Hall–Kier alpha value is -0.150.